The molecule has 92 valence electrons. The number of carbonyl (C=O) groups is 1. The molecule has 0 spiro atoms. The van der Waals surface area contributed by atoms with Gasteiger partial charge in [-0.25, -0.2) is 8.78 Å². The van der Waals surface area contributed by atoms with Gasteiger partial charge in [0.2, 0.25) is 0 Å². The van der Waals surface area contributed by atoms with E-state index in [1.54, 1.807) is 6.07 Å². The highest BCUT2D eigenvalue weighted by atomic mass is 19.3. The van der Waals surface area contributed by atoms with Crippen molar-refractivity contribution in [2.24, 2.45) is 5.73 Å². The third-order valence-electron chi connectivity index (χ3n) is 2.00. The first-order chi connectivity index (χ1) is 7.85. The minimum absolute atomic E-state index is 0.0977. The second-order valence-electron chi connectivity index (χ2n) is 3.25. The van der Waals surface area contributed by atoms with Gasteiger partial charge in [-0.05, 0) is 0 Å². The number of hydrogen-bond acceptors (Lipinski definition) is 2. The maximum absolute atomic E-state index is 12.7. The predicted molar refractivity (Wildman–Crippen MR) is 54.0 cm³/mol. The van der Waals surface area contributed by atoms with E-state index in [4.69, 9.17) is 5.73 Å². The van der Waals surface area contributed by atoms with E-state index in [0.717, 1.165) is 0 Å². The Bertz CT molecular complexity index is 428. The van der Waals surface area contributed by atoms with E-state index in [2.05, 4.69) is 0 Å². The average molecular weight is 247 g/mol. The van der Waals surface area contributed by atoms with Crippen LogP contribution in [0.5, 0.6) is 0 Å². The Morgan fingerprint density at radius 1 is 1.24 bits per heavy atom. The Labute approximate surface area is 94.7 Å². The number of carbonyl (C=O) groups excluding carboxylic acids is 1. The molecule has 6 heteroatoms. The monoisotopic (exact) mass is 247 g/mol. The lowest BCUT2D eigenvalue weighted by atomic mass is 10.1. The summed E-state index contributed by atoms with van der Waals surface area (Å²) in [5.41, 5.74) is 3.46. The van der Waals surface area contributed by atoms with Crippen molar-refractivity contribution < 1.29 is 22.4 Å². The molecule has 0 atom stereocenters. The lowest BCUT2D eigenvalue weighted by Crippen LogP contribution is -2.33. The standard InChI is InChI=1S/C11H9F4NO/c12-10(13)11(14,15)9(16)6-8(17)7-4-2-1-3-5-7/h1-6,10H,16H2. The van der Waals surface area contributed by atoms with Crippen LogP contribution in [0.4, 0.5) is 17.6 Å². The van der Waals surface area contributed by atoms with Crippen LogP contribution in [0.1, 0.15) is 10.4 Å². The van der Waals surface area contributed by atoms with E-state index in [-0.39, 0.29) is 5.56 Å². The van der Waals surface area contributed by atoms with Gasteiger partial charge >= 0.3 is 12.3 Å². The van der Waals surface area contributed by atoms with E-state index in [0.29, 0.717) is 6.08 Å². The number of allylic oxidation sites excluding steroid dienone is 2. The van der Waals surface area contributed by atoms with Crippen molar-refractivity contribution in [1.29, 1.82) is 0 Å². The van der Waals surface area contributed by atoms with Gasteiger partial charge in [-0.2, -0.15) is 8.78 Å². The summed E-state index contributed by atoms with van der Waals surface area (Å²) in [6.45, 7) is 0. The summed E-state index contributed by atoms with van der Waals surface area (Å²) >= 11 is 0. The molecule has 1 aromatic carbocycles. The van der Waals surface area contributed by atoms with Crippen LogP contribution >= 0.6 is 0 Å². The van der Waals surface area contributed by atoms with E-state index in [9.17, 15) is 22.4 Å². The van der Waals surface area contributed by atoms with Gasteiger partial charge in [0.1, 0.15) is 0 Å². The summed E-state index contributed by atoms with van der Waals surface area (Å²) in [6, 6.07) is 7.39. The minimum Gasteiger partial charge on any atom is -0.397 e. The Balaban J connectivity index is 2.94. The van der Waals surface area contributed by atoms with Gasteiger partial charge in [0.05, 0.1) is 5.70 Å². The Morgan fingerprint density at radius 3 is 2.24 bits per heavy atom. The molecule has 0 bridgehead atoms. The van der Waals surface area contributed by atoms with Gasteiger partial charge in [-0.3, -0.25) is 4.79 Å². The summed E-state index contributed by atoms with van der Waals surface area (Å²) in [6.07, 6.45) is -3.62. The molecular formula is C11H9F4NO. The zero-order chi connectivity index (χ0) is 13.1. The van der Waals surface area contributed by atoms with Crippen LogP contribution in [-0.2, 0) is 0 Å². The highest BCUT2D eigenvalue weighted by molar-refractivity contribution is 6.04. The third kappa shape index (κ3) is 3.05. The Morgan fingerprint density at radius 2 is 1.76 bits per heavy atom. The van der Waals surface area contributed by atoms with Gasteiger partial charge in [-0.1, -0.05) is 30.3 Å². The van der Waals surface area contributed by atoms with Crippen LogP contribution in [-0.4, -0.2) is 18.1 Å². The van der Waals surface area contributed by atoms with Crippen LogP contribution in [0, 0.1) is 0 Å². The zero-order valence-electron chi connectivity index (χ0n) is 8.54. The second-order valence-corrected chi connectivity index (χ2v) is 3.25. The number of benzene rings is 1. The molecule has 1 rings (SSSR count). The van der Waals surface area contributed by atoms with Crippen LogP contribution < -0.4 is 5.73 Å². The smallest absolute Gasteiger partial charge is 0.346 e. The fourth-order valence-electron chi connectivity index (χ4n) is 1.05. The molecule has 0 heterocycles. The molecule has 0 saturated carbocycles. The van der Waals surface area contributed by atoms with Gasteiger partial charge in [-0.15, -0.1) is 0 Å². The van der Waals surface area contributed by atoms with Crippen molar-refractivity contribution in [1.82, 2.24) is 0 Å². The van der Waals surface area contributed by atoms with Gasteiger partial charge < -0.3 is 5.73 Å². The van der Waals surface area contributed by atoms with Gasteiger partial charge in [0, 0.05) is 11.6 Å². The highest BCUT2D eigenvalue weighted by Crippen LogP contribution is 2.28. The maximum atomic E-state index is 12.7. The normalized spacial score (nSPS) is 12.9. The van der Waals surface area contributed by atoms with Crippen molar-refractivity contribution in [3.63, 3.8) is 0 Å². The molecule has 0 aromatic heterocycles. The molecule has 0 unspecified atom stereocenters. The number of rotatable bonds is 4. The molecular weight excluding hydrogens is 238 g/mol. The summed E-state index contributed by atoms with van der Waals surface area (Å²) in [7, 11) is 0. The molecule has 17 heavy (non-hydrogen) atoms. The van der Waals surface area contributed by atoms with E-state index < -0.39 is 23.8 Å². The van der Waals surface area contributed by atoms with Crippen molar-refractivity contribution in [3.05, 3.63) is 47.7 Å². The predicted octanol–water partition coefficient (Wildman–Crippen LogP) is 2.61. The minimum atomic E-state index is -4.50. The molecule has 1 aromatic rings. The number of alkyl halides is 4. The second kappa shape index (κ2) is 4.99. The fraction of sp³-hybridized carbons (Fsp3) is 0.182. The molecule has 0 aliphatic carbocycles. The molecule has 0 saturated heterocycles. The van der Waals surface area contributed by atoms with E-state index >= 15 is 0 Å². The Hall–Kier alpha value is -1.85. The third-order valence-corrected chi connectivity index (χ3v) is 2.00. The lowest BCUT2D eigenvalue weighted by molar-refractivity contribution is -0.100. The van der Waals surface area contributed by atoms with Gasteiger partial charge in [0.15, 0.2) is 5.78 Å². The topological polar surface area (TPSA) is 43.1 Å². The molecule has 0 aliphatic rings. The first-order valence-electron chi connectivity index (χ1n) is 4.58. The summed E-state index contributed by atoms with van der Waals surface area (Å²) in [5, 5.41) is 0. The molecule has 2 nitrogen and oxygen atoms in total. The van der Waals surface area contributed by atoms with Crippen LogP contribution in [0.2, 0.25) is 0 Å². The van der Waals surface area contributed by atoms with Crippen molar-refractivity contribution in [2.45, 2.75) is 12.3 Å². The quantitative estimate of drug-likeness (QED) is 0.505. The van der Waals surface area contributed by atoms with Crippen LogP contribution in [0.3, 0.4) is 0 Å². The number of hydrogen-bond donors (Lipinski definition) is 1. The molecule has 0 amide bonds. The zero-order valence-corrected chi connectivity index (χ0v) is 8.54. The fourth-order valence-corrected chi connectivity index (χ4v) is 1.05. The molecule has 2 N–H and O–H groups in total. The molecule has 0 radical (unpaired) electrons. The maximum Gasteiger partial charge on any atom is 0.346 e. The first-order valence-corrected chi connectivity index (χ1v) is 4.58. The largest absolute Gasteiger partial charge is 0.397 e. The summed E-state index contributed by atoms with van der Waals surface area (Å²) in [4.78, 5) is 11.4. The number of ketones is 1. The molecule has 0 fully saturated rings. The average Bonchev–Trinajstić information content (AvgIpc) is 2.29. The first kappa shape index (κ1) is 13.2. The van der Waals surface area contributed by atoms with E-state index in [1.807, 2.05) is 0 Å². The van der Waals surface area contributed by atoms with Crippen LogP contribution in [0.25, 0.3) is 0 Å². The summed E-state index contributed by atoms with van der Waals surface area (Å²) in [5.74, 6) is -5.34. The number of nitrogens with two attached hydrogens (primary N) is 1. The highest BCUT2D eigenvalue weighted by Gasteiger charge is 2.43. The van der Waals surface area contributed by atoms with Crippen molar-refractivity contribution in [2.75, 3.05) is 0 Å². The van der Waals surface area contributed by atoms with Crippen molar-refractivity contribution in [3.8, 4) is 0 Å². The molecule has 0 aliphatic heterocycles. The van der Waals surface area contributed by atoms with Crippen molar-refractivity contribution >= 4 is 5.78 Å². The number of halogens is 4. The van der Waals surface area contributed by atoms with E-state index in [1.165, 1.54) is 24.3 Å². The van der Waals surface area contributed by atoms with Gasteiger partial charge in [0.25, 0.3) is 0 Å². The Kier molecular flexibility index (Phi) is 3.88. The summed E-state index contributed by atoms with van der Waals surface area (Å²) < 4.78 is 49.3. The van der Waals surface area contributed by atoms with Crippen LogP contribution in [0.15, 0.2) is 42.1 Å². The SMILES string of the molecule is NC(=CC(=O)c1ccccc1)C(F)(F)C(F)F. The lowest BCUT2D eigenvalue weighted by Gasteiger charge is -2.14.